The molecule has 4 aromatic rings. The third-order valence-electron chi connectivity index (χ3n) is 6.73. The third kappa shape index (κ3) is 7.04. The highest BCUT2D eigenvalue weighted by molar-refractivity contribution is 7.92. The van der Waals surface area contributed by atoms with E-state index in [0.29, 0.717) is 15.3 Å². The molecule has 0 unspecified atom stereocenters. The molecule has 0 aliphatic carbocycles. The fourth-order valence-corrected chi connectivity index (χ4v) is 5.61. The summed E-state index contributed by atoms with van der Waals surface area (Å²) in [5, 5.41) is 11.1. The highest BCUT2D eigenvalue weighted by atomic mass is 32.2. The number of nitrogens with one attached hydrogen (secondary N) is 1. The van der Waals surface area contributed by atoms with Gasteiger partial charge in [0.05, 0.1) is 17.8 Å². The quantitative estimate of drug-likeness (QED) is 0.243. The Morgan fingerprint density at radius 3 is 2.40 bits per heavy atom. The molecular formula is C31H29FN2O8S. The lowest BCUT2D eigenvalue weighted by Gasteiger charge is -2.23. The Kier molecular flexibility index (Phi) is 8.51. The second-order valence-electron chi connectivity index (χ2n) is 10.3. The Morgan fingerprint density at radius 2 is 1.72 bits per heavy atom. The molecule has 224 valence electrons. The number of carbonyl (C=O) groups excluding carboxylic acids is 2. The number of aliphatic hydroxyl groups is 1. The van der Waals surface area contributed by atoms with Gasteiger partial charge >= 0.3 is 16.2 Å². The van der Waals surface area contributed by atoms with E-state index < -0.39 is 45.7 Å². The molecule has 12 heteroatoms. The van der Waals surface area contributed by atoms with Gasteiger partial charge in [0.1, 0.15) is 36.9 Å². The van der Waals surface area contributed by atoms with Crippen molar-refractivity contribution < 1.29 is 41.7 Å². The van der Waals surface area contributed by atoms with E-state index in [-0.39, 0.29) is 43.1 Å². The monoisotopic (exact) mass is 608 g/mol. The number of rotatable bonds is 11. The topological polar surface area (TPSA) is 131 Å². The second-order valence-corrected chi connectivity index (χ2v) is 11.9. The van der Waals surface area contributed by atoms with E-state index in [0.717, 1.165) is 5.56 Å². The zero-order chi connectivity index (χ0) is 30.6. The first-order chi connectivity index (χ1) is 20.5. The van der Waals surface area contributed by atoms with Gasteiger partial charge in [-0.15, -0.1) is 0 Å². The number of amides is 1. The average molecular weight is 609 g/mol. The lowest BCUT2D eigenvalue weighted by Crippen LogP contribution is -2.33. The van der Waals surface area contributed by atoms with Gasteiger partial charge in [-0.25, -0.2) is 18.2 Å². The van der Waals surface area contributed by atoms with Crippen LogP contribution >= 0.6 is 0 Å². The van der Waals surface area contributed by atoms with Crippen LogP contribution in [0.4, 0.5) is 10.1 Å². The molecule has 1 fully saturated rings. The second kappa shape index (κ2) is 12.3. The van der Waals surface area contributed by atoms with Crippen molar-refractivity contribution in [3.05, 3.63) is 102 Å². The Hall–Kier alpha value is -4.68. The van der Waals surface area contributed by atoms with Gasteiger partial charge in [0.2, 0.25) is 0 Å². The van der Waals surface area contributed by atoms with Gasteiger partial charge in [0.25, 0.3) is 5.91 Å². The van der Waals surface area contributed by atoms with Crippen molar-refractivity contribution in [3.63, 3.8) is 0 Å². The molecule has 0 spiro atoms. The molecule has 0 radical (unpaired) electrons. The van der Waals surface area contributed by atoms with Gasteiger partial charge in [-0.2, -0.15) is 8.42 Å². The molecule has 0 saturated carbocycles. The van der Waals surface area contributed by atoms with E-state index in [1.807, 2.05) is 35.1 Å². The van der Waals surface area contributed by atoms with Crippen molar-refractivity contribution in [2.75, 3.05) is 24.1 Å². The number of hydrogen-bond donors (Lipinski definition) is 2. The number of nitrogens with zero attached hydrogens (tertiary/aromatic N) is 1. The minimum Gasteiger partial charge on any atom is -0.493 e. The molecule has 1 atom stereocenters. The molecular weight excluding hydrogens is 579 g/mol. The lowest BCUT2D eigenvalue weighted by molar-refractivity contribution is -0.117. The van der Waals surface area contributed by atoms with E-state index in [1.54, 1.807) is 42.5 Å². The molecule has 5 rings (SSSR count). The van der Waals surface area contributed by atoms with Crippen LogP contribution in [0, 0.1) is 5.82 Å². The Morgan fingerprint density at radius 1 is 1.02 bits per heavy atom. The van der Waals surface area contributed by atoms with Crippen LogP contribution in [0.5, 0.6) is 11.5 Å². The number of ether oxygens (including phenoxy) is 3. The van der Waals surface area contributed by atoms with E-state index in [2.05, 4.69) is 0 Å². The molecule has 1 aliphatic rings. The molecule has 43 heavy (non-hydrogen) atoms. The Balaban J connectivity index is 1.33. The molecule has 0 aromatic heterocycles. The van der Waals surface area contributed by atoms with Crippen molar-refractivity contribution in [1.29, 1.82) is 0 Å². The summed E-state index contributed by atoms with van der Waals surface area (Å²) in [6.07, 6.45) is 0.0902. The highest BCUT2D eigenvalue weighted by Gasteiger charge is 2.38. The van der Waals surface area contributed by atoms with Crippen molar-refractivity contribution in [2.45, 2.75) is 25.6 Å². The van der Waals surface area contributed by atoms with Crippen LogP contribution < -0.4 is 18.5 Å². The minimum atomic E-state index is -4.34. The van der Waals surface area contributed by atoms with Crippen LogP contribution in [-0.2, 0) is 26.3 Å². The van der Waals surface area contributed by atoms with Crippen molar-refractivity contribution >= 4 is 38.5 Å². The van der Waals surface area contributed by atoms with Crippen LogP contribution in [0.1, 0.15) is 29.3 Å². The van der Waals surface area contributed by atoms with Gasteiger partial charge in [-0.05, 0) is 48.2 Å². The predicted molar refractivity (Wildman–Crippen MR) is 157 cm³/mol. The summed E-state index contributed by atoms with van der Waals surface area (Å²) in [5.74, 6) is -2.07. The van der Waals surface area contributed by atoms with Crippen LogP contribution in [0.3, 0.4) is 0 Å². The van der Waals surface area contributed by atoms with E-state index in [1.165, 1.54) is 19.1 Å². The smallest absolute Gasteiger partial charge is 0.338 e. The summed E-state index contributed by atoms with van der Waals surface area (Å²) in [7, 11) is -4.34. The van der Waals surface area contributed by atoms with Crippen LogP contribution in [-0.4, -0.2) is 50.8 Å². The van der Waals surface area contributed by atoms with Gasteiger partial charge in [-0.3, -0.25) is 4.79 Å². The summed E-state index contributed by atoms with van der Waals surface area (Å²) >= 11 is 0. The normalized spacial score (nSPS) is 15.5. The summed E-state index contributed by atoms with van der Waals surface area (Å²) in [4.78, 5) is 24.1. The molecule has 1 amide bonds. The van der Waals surface area contributed by atoms with Crippen molar-refractivity contribution in [3.8, 4) is 11.5 Å². The first kappa shape index (κ1) is 29.8. The SMILES string of the molecule is C[C@](O)(CCOc1ccc2cc(OCc3ccccc3)c(N3CC(=O)NS3(=O)=O)c(F)c2c1)COC(=O)c1ccccc1. The van der Waals surface area contributed by atoms with Gasteiger partial charge in [0, 0.05) is 11.8 Å². The fourth-order valence-electron chi connectivity index (χ4n) is 4.45. The number of hydrogen-bond acceptors (Lipinski definition) is 8. The number of carbonyl (C=O) groups is 2. The summed E-state index contributed by atoms with van der Waals surface area (Å²) in [6, 6.07) is 23.6. The molecule has 1 saturated heterocycles. The largest absolute Gasteiger partial charge is 0.493 e. The van der Waals surface area contributed by atoms with E-state index >= 15 is 4.39 Å². The fraction of sp³-hybridized carbons (Fsp3) is 0.226. The third-order valence-corrected chi connectivity index (χ3v) is 8.11. The highest BCUT2D eigenvalue weighted by Crippen LogP contribution is 2.40. The molecule has 10 nitrogen and oxygen atoms in total. The number of halogens is 1. The van der Waals surface area contributed by atoms with Crippen molar-refractivity contribution in [2.24, 2.45) is 0 Å². The number of anilines is 1. The summed E-state index contributed by atoms with van der Waals surface area (Å²) in [6.45, 7) is 0.682. The number of benzene rings is 4. The molecule has 2 N–H and O–H groups in total. The predicted octanol–water partition coefficient (Wildman–Crippen LogP) is 4.12. The Bertz CT molecular complexity index is 1750. The standard InChI is InChI=1S/C31H29FN2O8S/c1-31(37,20-42-30(36)22-10-6-3-7-11-22)14-15-40-24-13-12-23-16-26(41-19-21-8-4-2-5-9-21)29(28(32)25(23)17-24)34-18-27(35)33-43(34,38)39/h2-13,16-17,37H,14-15,18-20H2,1H3,(H,33,35)/t31-/m0/s1. The molecule has 1 heterocycles. The first-order valence-corrected chi connectivity index (χ1v) is 14.8. The first-order valence-electron chi connectivity index (χ1n) is 13.4. The molecule has 4 aromatic carbocycles. The maximum Gasteiger partial charge on any atom is 0.338 e. The summed E-state index contributed by atoms with van der Waals surface area (Å²) in [5.41, 5.74) is -0.652. The van der Waals surface area contributed by atoms with E-state index in [4.69, 9.17) is 14.2 Å². The average Bonchev–Trinajstić information content (AvgIpc) is 3.27. The molecule has 0 bridgehead atoms. The van der Waals surface area contributed by atoms with Crippen LogP contribution in [0.15, 0.2) is 84.9 Å². The summed E-state index contributed by atoms with van der Waals surface area (Å²) < 4.78 is 60.8. The minimum absolute atomic E-state index is 0.00701. The maximum absolute atomic E-state index is 16.1. The van der Waals surface area contributed by atoms with Gasteiger partial charge in [0.15, 0.2) is 5.82 Å². The lowest BCUT2D eigenvalue weighted by atomic mass is 10.0. The van der Waals surface area contributed by atoms with Gasteiger partial charge < -0.3 is 19.3 Å². The zero-order valence-electron chi connectivity index (χ0n) is 23.2. The number of fused-ring (bicyclic) bond motifs is 1. The van der Waals surface area contributed by atoms with Gasteiger partial charge in [-0.1, -0.05) is 54.6 Å². The van der Waals surface area contributed by atoms with Crippen LogP contribution in [0.2, 0.25) is 0 Å². The zero-order valence-corrected chi connectivity index (χ0v) is 24.0. The van der Waals surface area contributed by atoms with Crippen molar-refractivity contribution in [1.82, 2.24) is 4.72 Å². The number of esters is 1. The van der Waals surface area contributed by atoms with Crippen LogP contribution in [0.25, 0.3) is 10.8 Å². The Labute approximate surface area is 247 Å². The van der Waals surface area contributed by atoms with E-state index in [9.17, 15) is 23.1 Å². The maximum atomic E-state index is 16.1. The molecule has 1 aliphatic heterocycles.